The van der Waals surface area contributed by atoms with Crippen LogP contribution in [0, 0.1) is 5.92 Å². The molecule has 7 heteroatoms. The molecule has 1 saturated heterocycles. The fourth-order valence-electron chi connectivity index (χ4n) is 3.32. The summed E-state index contributed by atoms with van der Waals surface area (Å²) in [7, 11) is 1.69. The summed E-state index contributed by atoms with van der Waals surface area (Å²) in [6.07, 6.45) is -0.527. The van der Waals surface area contributed by atoms with E-state index >= 15 is 0 Å². The molecule has 3 amide bonds. The third-order valence-electron chi connectivity index (χ3n) is 4.92. The number of fused-ring (bicyclic) bond motifs is 1. The molecule has 1 atom stereocenters. The number of rotatable bonds is 2. The van der Waals surface area contributed by atoms with Gasteiger partial charge in [-0.25, -0.2) is 0 Å². The topological polar surface area (TPSA) is 70.2 Å². The molecule has 0 aromatic heterocycles. The van der Waals surface area contributed by atoms with Gasteiger partial charge in [-0.2, -0.15) is 0 Å². The Kier molecular flexibility index (Phi) is 4.89. The SMILES string of the molecule is CC(C)C(=O)N1CCN(C(=O)c2ccc3c(c2)N(C)C(=O)C(C)O3)CC1. The van der Waals surface area contributed by atoms with E-state index in [1.807, 2.05) is 18.7 Å². The molecule has 2 aliphatic heterocycles. The van der Waals surface area contributed by atoms with Crippen molar-refractivity contribution < 1.29 is 19.1 Å². The van der Waals surface area contributed by atoms with Gasteiger partial charge in [0, 0.05) is 44.7 Å². The van der Waals surface area contributed by atoms with Crippen molar-refractivity contribution in [2.24, 2.45) is 5.92 Å². The van der Waals surface area contributed by atoms with Crippen LogP contribution in [0.25, 0.3) is 0 Å². The fourth-order valence-corrected chi connectivity index (χ4v) is 3.32. The maximum atomic E-state index is 12.8. The van der Waals surface area contributed by atoms with Crippen LogP contribution in [-0.2, 0) is 9.59 Å². The molecule has 2 aliphatic rings. The Bertz CT molecular complexity index is 738. The second-order valence-electron chi connectivity index (χ2n) is 7.11. The van der Waals surface area contributed by atoms with Gasteiger partial charge in [0.25, 0.3) is 11.8 Å². The molecular weight excluding hydrogens is 334 g/mol. The number of hydrogen-bond acceptors (Lipinski definition) is 4. The zero-order valence-corrected chi connectivity index (χ0v) is 15.7. The summed E-state index contributed by atoms with van der Waals surface area (Å²) in [6.45, 7) is 7.59. The molecule has 0 radical (unpaired) electrons. The van der Waals surface area contributed by atoms with Gasteiger partial charge in [-0.05, 0) is 25.1 Å². The number of nitrogens with zero attached hydrogens (tertiary/aromatic N) is 3. The lowest BCUT2D eigenvalue weighted by Gasteiger charge is -2.36. The average Bonchev–Trinajstić information content (AvgIpc) is 2.65. The molecule has 1 unspecified atom stereocenters. The van der Waals surface area contributed by atoms with Gasteiger partial charge < -0.3 is 19.4 Å². The number of carbonyl (C=O) groups excluding carboxylic acids is 3. The highest BCUT2D eigenvalue weighted by molar-refractivity contribution is 6.02. The molecule has 0 saturated carbocycles. The molecule has 1 fully saturated rings. The largest absolute Gasteiger partial charge is 0.479 e. The Hall–Kier alpha value is -2.57. The summed E-state index contributed by atoms with van der Waals surface area (Å²) >= 11 is 0. The van der Waals surface area contributed by atoms with Gasteiger partial charge in [0.2, 0.25) is 5.91 Å². The summed E-state index contributed by atoms with van der Waals surface area (Å²) in [5, 5.41) is 0. The normalized spacial score (nSPS) is 20.1. The number of likely N-dealkylation sites (N-methyl/N-ethyl adjacent to an activating group) is 1. The number of amides is 3. The van der Waals surface area contributed by atoms with E-state index in [9.17, 15) is 14.4 Å². The van der Waals surface area contributed by atoms with E-state index in [4.69, 9.17) is 4.74 Å². The minimum atomic E-state index is -0.527. The highest BCUT2D eigenvalue weighted by Crippen LogP contribution is 2.34. The average molecular weight is 359 g/mol. The molecule has 1 aromatic rings. The molecule has 0 spiro atoms. The first kappa shape index (κ1) is 18.2. The fraction of sp³-hybridized carbons (Fsp3) is 0.526. The molecule has 7 nitrogen and oxygen atoms in total. The predicted octanol–water partition coefficient (Wildman–Crippen LogP) is 1.37. The van der Waals surface area contributed by atoms with Crippen molar-refractivity contribution in [3.63, 3.8) is 0 Å². The van der Waals surface area contributed by atoms with E-state index < -0.39 is 6.10 Å². The van der Waals surface area contributed by atoms with Crippen LogP contribution in [0.2, 0.25) is 0 Å². The molecule has 3 rings (SSSR count). The maximum absolute atomic E-state index is 12.8. The number of anilines is 1. The standard InChI is InChI=1S/C19H25N3O4/c1-12(2)17(23)21-7-9-22(10-8-21)19(25)14-5-6-16-15(11-14)20(4)18(24)13(3)26-16/h5-6,11-13H,7-10H2,1-4H3. The second-order valence-corrected chi connectivity index (χ2v) is 7.11. The van der Waals surface area contributed by atoms with Crippen LogP contribution in [0.5, 0.6) is 5.75 Å². The van der Waals surface area contributed by atoms with Crippen molar-refractivity contribution in [1.82, 2.24) is 9.80 Å². The van der Waals surface area contributed by atoms with Crippen LogP contribution in [0.4, 0.5) is 5.69 Å². The lowest BCUT2D eigenvalue weighted by molar-refractivity contribution is -0.135. The highest BCUT2D eigenvalue weighted by atomic mass is 16.5. The van der Waals surface area contributed by atoms with Crippen LogP contribution in [-0.4, -0.2) is 66.9 Å². The minimum Gasteiger partial charge on any atom is -0.479 e. The molecule has 2 heterocycles. The first-order valence-electron chi connectivity index (χ1n) is 8.96. The van der Waals surface area contributed by atoms with E-state index in [1.165, 1.54) is 4.90 Å². The second kappa shape index (κ2) is 6.97. The molecule has 140 valence electrons. The number of piperazine rings is 1. The van der Waals surface area contributed by atoms with Crippen molar-refractivity contribution in [1.29, 1.82) is 0 Å². The minimum absolute atomic E-state index is 0.0339. The Morgan fingerprint density at radius 3 is 2.35 bits per heavy atom. The quantitative estimate of drug-likeness (QED) is 0.800. The van der Waals surface area contributed by atoms with Gasteiger partial charge in [-0.3, -0.25) is 14.4 Å². The summed E-state index contributed by atoms with van der Waals surface area (Å²) < 4.78 is 5.60. The third kappa shape index (κ3) is 3.25. The molecule has 0 bridgehead atoms. The summed E-state index contributed by atoms with van der Waals surface area (Å²) in [4.78, 5) is 42.1. The zero-order valence-electron chi connectivity index (χ0n) is 15.7. The maximum Gasteiger partial charge on any atom is 0.267 e. The highest BCUT2D eigenvalue weighted by Gasteiger charge is 2.31. The van der Waals surface area contributed by atoms with Crippen LogP contribution in [0.15, 0.2) is 18.2 Å². The van der Waals surface area contributed by atoms with Crippen molar-refractivity contribution in [3.8, 4) is 5.75 Å². The van der Waals surface area contributed by atoms with Crippen LogP contribution < -0.4 is 9.64 Å². The lowest BCUT2D eigenvalue weighted by atomic mass is 10.1. The zero-order chi connectivity index (χ0) is 19.0. The van der Waals surface area contributed by atoms with E-state index in [1.54, 1.807) is 37.1 Å². The Labute approximate surface area is 153 Å². The molecular formula is C19H25N3O4. The molecule has 0 N–H and O–H groups in total. The smallest absolute Gasteiger partial charge is 0.267 e. The summed E-state index contributed by atoms with van der Waals surface area (Å²) in [5.41, 5.74) is 1.12. The Morgan fingerprint density at radius 2 is 1.73 bits per heavy atom. The van der Waals surface area contributed by atoms with Gasteiger partial charge in [-0.1, -0.05) is 13.8 Å². The van der Waals surface area contributed by atoms with Crippen LogP contribution in [0.3, 0.4) is 0 Å². The monoisotopic (exact) mass is 359 g/mol. The third-order valence-corrected chi connectivity index (χ3v) is 4.92. The Balaban J connectivity index is 1.72. The first-order chi connectivity index (χ1) is 12.3. The number of hydrogen-bond donors (Lipinski definition) is 0. The number of ether oxygens (including phenoxy) is 1. The van der Waals surface area contributed by atoms with E-state index in [0.29, 0.717) is 43.2 Å². The number of carbonyl (C=O) groups is 3. The van der Waals surface area contributed by atoms with E-state index in [2.05, 4.69) is 0 Å². The van der Waals surface area contributed by atoms with Crippen molar-refractivity contribution in [2.75, 3.05) is 38.1 Å². The Morgan fingerprint density at radius 1 is 1.12 bits per heavy atom. The van der Waals surface area contributed by atoms with Crippen LogP contribution >= 0.6 is 0 Å². The van der Waals surface area contributed by atoms with Gasteiger partial charge in [0.1, 0.15) is 5.75 Å². The lowest BCUT2D eigenvalue weighted by Crippen LogP contribution is -2.51. The summed E-state index contributed by atoms with van der Waals surface area (Å²) in [6, 6.07) is 5.16. The molecule has 26 heavy (non-hydrogen) atoms. The number of benzene rings is 1. The van der Waals surface area contributed by atoms with Crippen molar-refractivity contribution >= 4 is 23.4 Å². The van der Waals surface area contributed by atoms with Crippen LogP contribution in [0.1, 0.15) is 31.1 Å². The molecule has 0 aliphatic carbocycles. The van der Waals surface area contributed by atoms with Gasteiger partial charge in [-0.15, -0.1) is 0 Å². The van der Waals surface area contributed by atoms with Gasteiger partial charge >= 0.3 is 0 Å². The molecule has 1 aromatic carbocycles. The summed E-state index contributed by atoms with van der Waals surface area (Å²) in [5.74, 6) is 0.459. The first-order valence-corrected chi connectivity index (χ1v) is 8.96. The van der Waals surface area contributed by atoms with Crippen molar-refractivity contribution in [2.45, 2.75) is 26.9 Å². The van der Waals surface area contributed by atoms with Gasteiger partial charge in [0.05, 0.1) is 5.69 Å². The van der Waals surface area contributed by atoms with E-state index in [-0.39, 0.29) is 23.6 Å². The van der Waals surface area contributed by atoms with E-state index in [0.717, 1.165) is 0 Å². The predicted molar refractivity (Wildman–Crippen MR) is 97.3 cm³/mol. The van der Waals surface area contributed by atoms with Gasteiger partial charge in [0.15, 0.2) is 6.10 Å². The van der Waals surface area contributed by atoms with Crippen molar-refractivity contribution in [3.05, 3.63) is 23.8 Å².